The highest BCUT2D eigenvalue weighted by Crippen LogP contribution is 2.56. The predicted molar refractivity (Wildman–Crippen MR) is 125 cm³/mol. The Kier molecular flexibility index (Phi) is 5.72. The molecule has 188 valence electrons. The third-order valence-electron chi connectivity index (χ3n) is 7.46. The first kappa shape index (κ1) is 23.4. The molecule has 0 aromatic carbocycles. The number of thioether (sulfide) groups is 1. The molecule has 1 saturated heterocycles. The van der Waals surface area contributed by atoms with E-state index >= 15 is 0 Å². The number of piperidine rings is 1. The van der Waals surface area contributed by atoms with E-state index in [4.69, 9.17) is 9.97 Å². The Morgan fingerprint density at radius 2 is 1.91 bits per heavy atom. The Labute approximate surface area is 207 Å². The van der Waals surface area contributed by atoms with Gasteiger partial charge in [-0.15, -0.1) is 0 Å². The Bertz CT molecular complexity index is 1150. The minimum absolute atomic E-state index is 0.00621. The van der Waals surface area contributed by atoms with E-state index < -0.39 is 21.8 Å². The molecule has 0 spiro atoms. The minimum atomic E-state index is -4.36. The summed E-state index contributed by atoms with van der Waals surface area (Å²) in [6.45, 7) is 1.33. The lowest BCUT2D eigenvalue weighted by atomic mass is 9.77. The molecular formula is C22H25F3N6O2S2. The van der Waals surface area contributed by atoms with Crippen molar-refractivity contribution in [1.29, 1.82) is 0 Å². The van der Waals surface area contributed by atoms with Crippen LogP contribution in [0.5, 0.6) is 0 Å². The van der Waals surface area contributed by atoms with Gasteiger partial charge in [-0.05, 0) is 50.3 Å². The molecule has 4 heterocycles. The zero-order valence-electron chi connectivity index (χ0n) is 18.8. The first-order chi connectivity index (χ1) is 16.8. The van der Waals surface area contributed by atoms with E-state index in [1.54, 1.807) is 0 Å². The van der Waals surface area contributed by atoms with Crippen LogP contribution >= 0.6 is 11.8 Å². The first-order valence-corrected chi connectivity index (χ1v) is 13.8. The molecule has 6 rings (SSSR count). The smallest absolute Gasteiger partial charge is 0.394 e. The number of rotatable bonds is 6. The second-order valence-electron chi connectivity index (χ2n) is 9.77. The van der Waals surface area contributed by atoms with Crippen LogP contribution in [-0.4, -0.2) is 65.2 Å². The van der Waals surface area contributed by atoms with Gasteiger partial charge in [0.05, 0.1) is 33.5 Å². The fourth-order valence-electron chi connectivity index (χ4n) is 5.22. The number of nitrogens with one attached hydrogen (secondary N) is 1. The molecule has 3 fully saturated rings. The number of fused-ring (bicyclic) bond motifs is 3. The number of aliphatic hydroxyl groups excluding tert-OH is 1. The van der Waals surface area contributed by atoms with Gasteiger partial charge < -0.3 is 15.3 Å². The lowest BCUT2D eigenvalue weighted by Gasteiger charge is -2.42. The van der Waals surface area contributed by atoms with Crippen molar-refractivity contribution in [3.63, 3.8) is 0 Å². The van der Waals surface area contributed by atoms with E-state index in [0.717, 1.165) is 44.2 Å². The summed E-state index contributed by atoms with van der Waals surface area (Å²) in [5.74, 6) is 2.02. The molecule has 2 aliphatic carbocycles. The summed E-state index contributed by atoms with van der Waals surface area (Å²) in [5.41, 5.74) is -3.89. The Morgan fingerprint density at radius 3 is 2.51 bits per heavy atom. The molecule has 2 aromatic heterocycles. The van der Waals surface area contributed by atoms with Gasteiger partial charge >= 0.3 is 5.51 Å². The SMILES string of the molecule is O=[S@]1c2c(NC3(CO)CCC3)nc(N3CCC(c4ncc(SC(F)(F)F)cn4)CC3)nc2C2CC21. The molecule has 0 amide bonds. The topological polar surface area (TPSA) is 104 Å². The quantitative estimate of drug-likeness (QED) is 0.547. The minimum Gasteiger partial charge on any atom is -0.394 e. The normalized spacial score (nSPS) is 27.2. The summed E-state index contributed by atoms with van der Waals surface area (Å²) >= 11 is -0.214. The largest absolute Gasteiger partial charge is 0.446 e. The zero-order chi connectivity index (χ0) is 24.4. The second kappa shape index (κ2) is 8.55. The maximum atomic E-state index is 13.0. The highest BCUT2D eigenvalue weighted by Gasteiger charge is 2.55. The van der Waals surface area contributed by atoms with Crippen LogP contribution in [0.2, 0.25) is 0 Å². The molecule has 8 nitrogen and oxygen atoms in total. The van der Waals surface area contributed by atoms with Gasteiger partial charge in [-0.2, -0.15) is 18.2 Å². The van der Waals surface area contributed by atoms with Crippen molar-refractivity contribution in [1.82, 2.24) is 19.9 Å². The number of aliphatic hydroxyl groups is 1. The number of aromatic nitrogens is 4. The number of halogens is 3. The number of hydrogen-bond acceptors (Lipinski definition) is 9. The van der Waals surface area contributed by atoms with Crippen LogP contribution in [0.3, 0.4) is 0 Å². The van der Waals surface area contributed by atoms with Crippen molar-refractivity contribution in [3.8, 4) is 0 Å². The van der Waals surface area contributed by atoms with Crippen molar-refractivity contribution in [3.05, 3.63) is 23.9 Å². The van der Waals surface area contributed by atoms with E-state index in [0.29, 0.717) is 35.6 Å². The molecule has 2 unspecified atom stereocenters. The van der Waals surface area contributed by atoms with Gasteiger partial charge in [0.15, 0.2) is 0 Å². The predicted octanol–water partition coefficient (Wildman–Crippen LogP) is 3.57. The molecule has 2 saturated carbocycles. The summed E-state index contributed by atoms with van der Waals surface area (Å²) in [7, 11) is -1.12. The molecule has 2 aromatic rings. The molecule has 2 aliphatic heterocycles. The zero-order valence-corrected chi connectivity index (χ0v) is 20.4. The summed E-state index contributed by atoms with van der Waals surface area (Å²) in [6, 6.07) is 0. The van der Waals surface area contributed by atoms with Crippen LogP contribution in [0.15, 0.2) is 22.2 Å². The fourth-order valence-corrected chi connectivity index (χ4v) is 7.50. The average molecular weight is 527 g/mol. The van der Waals surface area contributed by atoms with E-state index in [-0.39, 0.29) is 40.4 Å². The average Bonchev–Trinajstić information content (AvgIpc) is 3.56. The van der Waals surface area contributed by atoms with E-state index in [2.05, 4.69) is 20.2 Å². The van der Waals surface area contributed by atoms with Crippen LogP contribution in [0.1, 0.15) is 61.9 Å². The molecule has 0 radical (unpaired) electrons. The molecular weight excluding hydrogens is 501 g/mol. The standard InChI is InChI=1S/C22H25F3N6O2S2/c23-22(24,25)34-13-9-26-18(27-10-13)12-2-6-31(7-3-12)20-28-16-14-8-15(14)35(33)17(16)19(29-20)30-21(11-32)4-1-5-21/h9-10,12,14-15,32H,1-8,11H2,(H,28,29,30)/t14?,15?,35-/m1/s1. The van der Waals surface area contributed by atoms with Crippen molar-refractivity contribution >= 4 is 34.3 Å². The molecule has 3 atom stereocenters. The van der Waals surface area contributed by atoms with Crippen LogP contribution in [0.4, 0.5) is 24.9 Å². The van der Waals surface area contributed by atoms with Gasteiger partial charge in [-0.3, -0.25) is 4.21 Å². The van der Waals surface area contributed by atoms with Crippen LogP contribution in [-0.2, 0) is 10.8 Å². The molecule has 0 bridgehead atoms. The number of alkyl halides is 3. The molecule has 2 N–H and O–H groups in total. The van der Waals surface area contributed by atoms with Gasteiger partial charge in [0.2, 0.25) is 5.95 Å². The summed E-state index contributed by atoms with van der Waals surface area (Å²) < 4.78 is 50.6. The van der Waals surface area contributed by atoms with Gasteiger partial charge in [0.1, 0.15) is 16.5 Å². The maximum absolute atomic E-state index is 13.0. The summed E-state index contributed by atoms with van der Waals surface area (Å²) in [6.07, 6.45) is 7.55. The van der Waals surface area contributed by atoms with Crippen molar-refractivity contribution in [2.24, 2.45) is 0 Å². The first-order valence-electron chi connectivity index (χ1n) is 11.8. The highest BCUT2D eigenvalue weighted by molar-refractivity contribution is 8.00. The lowest BCUT2D eigenvalue weighted by Crippen LogP contribution is -2.49. The lowest BCUT2D eigenvalue weighted by molar-refractivity contribution is -0.0328. The highest BCUT2D eigenvalue weighted by atomic mass is 32.2. The molecule has 13 heteroatoms. The third-order valence-corrected chi connectivity index (χ3v) is 10.0. The molecule has 4 aliphatic rings. The fraction of sp³-hybridized carbons (Fsp3) is 0.636. The second-order valence-corrected chi connectivity index (χ2v) is 12.5. The van der Waals surface area contributed by atoms with Gasteiger partial charge in [0, 0.05) is 42.6 Å². The summed E-state index contributed by atoms with van der Waals surface area (Å²) in [4.78, 5) is 20.8. The number of anilines is 2. The van der Waals surface area contributed by atoms with E-state index in [1.807, 2.05) is 0 Å². The Balaban J connectivity index is 1.19. The maximum Gasteiger partial charge on any atom is 0.446 e. The van der Waals surface area contributed by atoms with Crippen molar-refractivity contribution < 1.29 is 22.5 Å². The van der Waals surface area contributed by atoms with Gasteiger partial charge in [-0.1, -0.05) is 0 Å². The Morgan fingerprint density at radius 1 is 1.20 bits per heavy atom. The van der Waals surface area contributed by atoms with Crippen LogP contribution < -0.4 is 10.2 Å². The van der Waals surface area contributed by atoms with E-state index in [1.165, 1.54) is 12.4 Å². The van der Waals surface area contributed by atoms with Crippen LogP contribution in [0.25, 0.3) is 0 Å². The Hall–Kier alpha value is -1.99. The third kappa shape index (κ3) is 4.39. The van der Waals surface area contributed by atoms with Gasteiger partial charge in [0.25, 0.3) is 0 Å². The monoisotopic (exact) mass is 526 g/mol. The van der Waals surface area contributed by atoms with Crippen molar-refractivity contribution in [2.75, 3.05) is 29.9 Å². The molecule has 35 heavy (non-hydrogen) atoms. The van der Waals surface area contributed by atoms with Gasteiger partial charge in [-0.25, -0.2) is 15.0 Å². The van der Waals surface area contributed by atoms with Crippen molar-refractivity contribution in [2.45, 2.75) is 76.4 Å². The number of hydrogen-bond donors (Lipinski definition) is 2. The van der Waals surface area contributed by atoms with E-state index in [9.17, 15) is 22.5 Å². The number of nitrogens with zero attached hydrogens (tertiary/aromatic N) is 5. The van der Waals surface area contributed by atoms with Crippen LogP contribution in [0, 0.1) is 0 Å². The summed E-state index contributed by atoms with van der Waals surface area (Å²) in [5, 5.41) is 13.5.